The summed E-state index contributed by atoms with van der Waals surface area (Å²) in [5, 5.41) is 6.44. The fourth-order valence-electron chi connectivity index (χ4n) is 3.23. The summed E-state index contributed by atoms with van der Waals surface area (Å²) in [6.07, 6.45) is 0.640. The number of rotatable bonds is 5. The van der Waals surface area contributed by atoms with Gasteiger partial charge in [-0.2, -0.15) is 0 Å². The molecular formula is C18H28N4O3S. The zero-order valence-corrected chi connectivity index (χ0v) is 16.1. The van der Waals surface area contributed by atoms with Gasteiger partial charge >= 0.3 is 0 Å². The summed E-state index contributed by atoms with van der Waals surface area (Å²) in [6.45, 7) is 6.70. The molecule has 0 amide bonds. The van der Waals surface area contributed by atoms with E-state index in [4.69, 9.17) is 4.74 Å². The molecule has 144 valence electrons. The summed E-state index contributed by atoms with van der Waals surface area (Å²) in [5.41, 5.74) is 2.33. The molecular weight excluding hydrogens is 352 g/mol. The van der Waals surface area contributed by atoms with Crippen molar-refractivity contribution in [2.45, 2.75) is 25.9 Å². The van der Waals surface area contributed by atoms with Crippen LogP contribution in [0.25, 0.3) is 0 Å². The number of hydrogen-bond donors (Lipinski definition) is 2. The average Bonchev–Trinajstić information content (AvgIpc) is 2.99. The van der Waals surface area contributed by atoms with Gasteiger partial charge in [0.1, 0.15) is 0 Å². The number of nitrogens with one attached hydrogen (secondary N) is 2. The van der Waals surface area contributed by atoms with Gasteiger partial charge in [-0.15, -0.1) is 0 Å². The third-order valence-electron chi connectivity index (χ3n) is 4.65. The van der Waals surface area contributed by atoms with Crippen LogP contribution >= 0.6 is 0 Å². The van der Waals surface area contributed by atoms with Crippen LogP contribution in [0.5, 0.6) is 0 Å². The number of morpholine rings is 1. The maximum Gasteiger partial charge on any atom is 0.191 e. The van der Waals surface area contributed by atoms with Crippen LogP contribution in [0, 0.1) is 0 Å². The molecule has 0 radical (unpaired) electrons. The van der Waals surface area contributed by atoms with Crippen LogP contribution in [-0.4, -0.2) is 64.8 Å². The summed E-state index contributed by atoms with van der Waals surface area (Å²) in [4.78, 5) is 6.93. The van der Waals surface area contributed by atoms with E-state index in [1.807, 2.05) is 6.92 Å². The normalized spacial score (nSPS) is 23.0. The first kappa shape index (κ1) is 19.0. The van der Waals surface area contributed by atoms with Crippen molar-refractivity contribution >= 4 is 21.5 Å². The number of ether oxygens (including phenoxy) is 1. The molecule has 0 spiro atoms. The number of nitrogens with zero attached hydrogens (tertiary/aromatic N) is 2. The minimum absolute atomic E-state index is 0.0542. The van der Waals surface area contributed by atoms with Crippen LogP contribution in [-0.2, 0) is 21.1 Å². The SMILES string of the molecule is CCNC(=NCc1ccc(N2CCOCC2)cc1)NC1CCS(=O)(=O)C1. The van der Waals surface area contributed by atoms with Crippen molar-refractivity contribution in [3.05, 3.63) is 29.8 Å². The molecule has 2 saturated heterocycles. The number of sulfone groups is 1. The largest absolute Gasteiger partial charge is 0.378 e. The summed E-state index contributed by atoms with van der Waals surface area (Å²) < 4.78 is 28.6. The Hall–Kier alpha value is -1.80. The van der Waals surface area contributed by atoms with Gasteiger partial charge in [0.2, 0.25) is 0 Å². The Morgan fingerprint density at radius 1 is 1.27 bits per heavy atom. The maximum absolute atomic E-state index is 11.6. The fraction of sp³-hybridized carbons (Fsp3) is 0.611. The summed E-state index contributed by atoms with van der Waals surface area (Å²) in [5.74, 6) is 1.12. The van der Waals surface area contributed by atoms with Crippen LogP contribution in [0.2, 0.25) is 0 Å². The van der Waals surface area contributed by atoms with Gasteiger partial charge in [0.15, 0.2) is 15.8 Å². The van der Waals surface area contributed by atoms with E-state index in [0.717, 1.165) is 38.4 Å². The van der Waals surface area contributed by atoms with Crippen molar-refractivity contribution in [2.75, 3.05) is 49.3 Å². The van der Waals surface area contributed by atoms with Gasteiger partial charge in [-0.05, 0) is 31.0 Å². The predicted molar refractivity (Wildman–Crippen MR) is 104 cm³/mol. The molecule has 0 aromatic heterocycles. The second kappa shape index (κ2) is 8.73. The second-order valence-electron chi connectivity index (χ2n) is 6.71. The lowest BCUT2D eigenvalue weighted by Gasteiger charge is -2.28. The molecule has 1 aromatic rings. The van der Waals surface area contributed by atoms with Crippen molar-refractivity contribution in [2.24, 2.45) is 4.99 Å². The van der Waals surface area contributed by atoms with Gasteiger partial charge in [0.05, 0.1) is 31.3 Å². The third kappa shape index (κ3) is 5.35. The monoisotopic (exact) mass is 380 g/mol. The van der Waals surface area contributed by atoms with Gasteiger partial charge in [-0.1, -0.05) is 12.1 Å². The lowest BCUT2D eigenvalue weighted by molar-refractivity contribution is 0.122. The van der Waals surface area contributed by atoms with E-state index >= 15 is 0 Å². The Morgan fingerprint density at radius 3 is 2.62 bits per heavy atom. The van der Waals surface area contributed by atoms with Gasteiger partial charge in [-0.3, -0.25) is 0 Å². The van der Waals surface area contributed by atoms with Crippen molar-refractivity contribution in [1.82, 2.24) is 10.6 Å². The van der Waals surface area contributed by atoms with E-state index in [0.29, 0.717) is 18.9 Å². The molecule has 2 heterocycles. The minimum atomic E-state index is -2.90. The van der Waals surface area contributed by atoms with Gasteiger partial charge in [0.25, 0.3) is 0 Å². The Morgan fingerprint density at radius 2 is 2.00 bits per heavy atom. The molecule has 2 aliphatic rings. The van der Waals surface area contributed by atoms with Crippen molar-refractivity contribution in [3.63, 3.8) is 0 Å². The van der Waals surface area contributed by atoms with Crippen molar-refractivity contribution < 1.29 is 13.2 Å². The van der Waals surface area contributed by atoms with E-state index in [9.17, 15) is 8.42 Å². The zero-order valence-electron chi connectivity index (χ0n) is 15.3. The summed E-state index contributed by atoms with van der Waals surface area (Å²) in [6, 6.07) is 8.39. The molecule has 26 heavy (non-hydrogen) atoms. The van der Waals surface area contributed by atoms with Gasteiger partial charge in [0, 0.05) is 31.4 Å². The molecule has 2 aliphatic heterocycles. The van der Waals surface area contributed by atoms with Crippen LogP contribution in [0.4, 0.5) is 5.69 Å². The molecule has 7 nitrogen and oxygen atoms in total. The van der Waals surface area contributed by atoms with Crippen LogP contribution in [0.1, 0.15) is 18.9 Å². The highest BCUT2D eigenvalue weighted by molar-refractivity contribution is 7.91. The van der Waals surface area contributed by atoms with E-state index < -0.39 is 9.84 Å². The van der Waals surface area contributed by atoms with Crippen molar-refractivity contribution in [1.29, 1.82) is 0 Å². The van der Waals surface area contributed by atoms with Crippen LogP contribution in [0.3, 0.4) is 0 Å². The maximum atomic E-state index is 11.6. The molecule has 2 fully saturated rings. The first-order valence-electron chi connectivity index (χ1n) is 9.22. The predicted octanol–water partition coefficient (Wildman–Crippen LogP) is 0.765. The first-order chi connectivity index (χ1) is 12.6. The lowest BCUT2D eigenvalue weighted by Crippen LogP contribution is -2.44. The number of hydrogen-bond acceptors (Lipinski definition) is 5. The smallest absolute Gasteiger partial charge is 0.191 e. The first-order valence-corrected chi connectivity index (χ1v) is 11.0. The molecule has 1 atom stereocenters. The standard InChI is InChI=1S/C18H28N4O3S/c1-2-19-18(21-16-7-12-26(23,24)14-16)20-13-15-3-5-17(6-4-15)22-8-10-25-11-9-22/h3-6,16H,2,7-14H2,1H3,(H2,19,20,21). The summed E-state index contributed by atoms with van der Waals surface area (Å²) in [7, 11) is -2.90. The molecule has 0 bridgehead atoms. The minimum Gasteiger partial charge on any atom is -0.378 e. The molecule has 3 rings (SSSR count). The summed E-state index contributed by atoms with van der Waals surface area (Å²) >= 11 is 0. The lowest BCUT2D eigenvalue weighted by atomic mass is 10.2. The fourth-order valence-corrected chi connectivity index (χ4v) is 4.90. The van der Waals surface area contributed by atoms with E-state index in [1.54, 1.807) is 0 Å². The molecule has 8 heteroatoms. The van der Waals surface area contributed by atoms with Gasteiger partial charge in [-0.25, -0.2) is 13.4 Å². The topological polar surface area (TPSA) is 83.0 Å². The number of anilines is 1. The van der Waals surface area contributed by atoms with Gasteiger partial charge < -0.3 is 20.3 Å². The Labute approximate surface area is 155 Å². The van der Waals surface area contributed by atoms with Crippen LogP contribution < -0.4 is 15.5 Å². The Bertz CT molecular complexity index is 712. The average molecular weight is 381 g/mol. The highest BCUT2D eigenvalue weighted by atomic mass is 32.2. The Balaban J connectivity index is 1.58. The van der Waals surface area contributed by atoms with E-state index in [1.165, 1.54) is 5.69 Å². The highest BCUT2D eigenvalue weighted by Gasteiger charge is 2.28. The van der Waals surface area contributed by atoms with E-state index in [2.05, 4.69) is 44.8 Å². The van der Waals surface area contributed by atoms with Crippen molar-refractivity contribution in [3.8, 4) is 0 Å². The zero-order chi connectivity index (χ0) is 18.4. The van der Waals surface area contributed by atoms with E-state index in [-0.39, 0.29) is 17.5 Å². The molecule has 0 aliphatic carbocycles. The molecule has 1 aromatic carbocycles. The Kier molecular flexibility index (Phi) is 6.37. The quantitative estimate of drug-likeness (QED) is 0.580. The number of aliphatic imine (C=N–C) groups is 1. The number of guanidine groups is 1. The molecule has 2 N–H and O–H groups in total. The second-order valence-corrected chi connectivity index (χ2v) is 8.93. The molecule has 1 unspecified atom stereocenters. The third-order valence-corrected chi connectivity index (χ3v) is 6.42. The molecule has 0 saturated carbocycles. The van der Waals surface area contributed by atoms with Crippen LogP contribution in [0.15, 0.2) is 29.3 Å². The highest BCUT2D eigenvalue weighted by Crippen LogP contribution is 2.17. The number of benzene rings is 1.